The van der Waals surface area contributed by atoms with E-state index in [-0.39, 0.29) is 0 Å². The minimum absolute atomic E-state index is 0.429. The fourth-order valence-corrected chi connectivity index (χ4v) is 6.47. The summed E-state index contributed by atoms with van der Waals surface area (Å²) in [6, 6.07) is 28.5. The van der Waals surface area contributed by atoms with Gasteiger partial charge in [0.25, 0.3) is 0 Å². The van der Waals surface area contributed by atoms with Crippen molar-refractivity contribution in [2.24, 2.45) is 0 Å². The van der Waals surface area contributed by atoms with E-state index < -0.39 is 12.3 Å². The zero-order valence-corrected chi connectivity index (χ0v) is 15.1. The van der Waals surface area contributed by atoms with Crippen molar-refractivity contribution < 1.29 is 9.36 Å². The zero-order valence-electron chi connectivity index (χ0n) is 14.2. The normalized spacial score (nSPS) is 13.8. The van der Waals surface area contributed by atoms with Gasteiger partial charge in [-0.05, 0) is 18.9 Å². The largest absolute Gasteiger partial charge is 0.313 e. The van der Waals surface area contributed by atoms with Crippen molar-refractivity contribution in [3.63, 3.8) is 0 Å². The van der Waals surface area contributed by atoms with Crippen molar-refractivity contribution in [2.75, 3.05) is 0 Å². The number of aldehydes is 1. The van der Waals surface area contributed by atoms with E-state index in [1.165, 1.54) is 0 Å². The van der Waals surface area contributed by atoms with Crippen LogP contribution in [0, 0.1) is 0 Å². The second-order valence-electron chi connectivity index (χ2n) is 6.42. The highest BCUT2D eigenvalue weighted by Gasteiger charge is 2.46. The number of carbonyl (C=O) groups excluding carboxylic acids is 1. The molecule has 0 heterocycles. The Hall–Kier alpha value is -2.44. The van der Waals surface area contributed by atoms with Crippen LogP contribution in [0.2, 0.25) is 0 Å². The van der Waals surface area contributed by atoms with Crippen LogP contribution >= 0.6 is 7.14 Å². The van der Waals surface area contributed by atoms with E-state index in [0.717, 1.165) is 11.8 Å². The van der Waals surface area contributed by atoms with E-state index in [9.17, 15) is 9.36 Å². The van der Waals surface area contributed by atoms with E-state index in [0.29, 0.717) is 17.0 Å². The third-order valence-corrected chi connectivity index (χ3v) is 8.37. The molecule has 0 aliphatic heterocycles. The molecule has 0 aliphatic rings. The van der Waals surface area contributed by atoms with Crippen LogP contribution in [-0.4, -0.2) is 11.4 Å². The maximum Gasteiger partial charge on any atom is 0.155 e. The van der Waals surface area contributed by atoms with Crippen molar-refractivity contribution in [3.05, 3.63) is 96.6 Å². The molecule has 0 aliphatic carbocycles. The molecule has 0 amide bonds. The average Bonchev–Trinajstić information content (AvgIpc) is 2.69. The lowest BCUT2D eigenvalue weighted by atomic mass is 10.0. The van der Waals surface area contributed by atoms with Crippen LogP contribution in [0.5, 0.6) is 0 Å². The Morgan fingerprint density at radius 1 is 0.760 bits per heavy atom. The van der Waals surface area contributed by atoms with Gasteiger partial charge in [0.1, 0.15) is 6.29 Å². The average molecular weight is 348 g/mol. The third kappa shape index (κ3) is 3.23. The maximum absolute atomic E-state index is 14.4. The predicted molar refractivity (Wildman–Crippen MR) is 104 cm³/mol. The predicted octanol–water partition coefficient (Wildman–Crippen LogP) is 4.20. The number of benzene rings is 3. The summed E-state index contributed by atoms with van der Waals surface area (Å²) in [5.41, 5.74) is 1.00. The fourth-order valence-electron chi connectivity index (χ4n) is 3.25. The molecule has 0 saturated heterocycles. The monoisotopic (exact) mass is 348 g/mol. The van der Waals surface area contributed by atoms with Gasteiger partial charge in [0.2, 0.25) is 0 Å². The van der Waals surface area contributed by atoms with Crippen molar-refractivity contribution >= 4 is 24.0 Å². The zero-order chi connectivity index (χ0) is 17.8. The third-order valence-electron chi connectivity index (χ3n) is 4.62. The summed E-state index contributed by atoms with van der Waals surface area (Å²) in [7, 11) is -3.18. The molecule has 0 saturated carbocycles. The fraction of sp³-hybridized carbons (Fsp3) is 0.136. The number of rotatable bonds is 6. The van der Waals surface area contributed by atoms with Crippen LogP contribution in [-0.2, 0) is 15.8 Å². The van der Waals surface area contributed by atoms with E-state index in [1.54, 1.807) is 0 Å². The summed E-state index contributed by atoms with van der Waals surface area (Å²) in [6.07, 6.45) is 1.30. The lowest BCUT2D eigenvalue weighted by Gasteiger charge is -2.34. The lowest BCUT2D eigenvalue weighted by Crippen LogP contribution is -2.39. The molecular formula is C22H21O2P. The van der Waals surface area contributed by atoms with E-state index in [1.807, 2.05) is 97.9 Å². The molecule has 0 unspecified atom stereocenters. The number of hydrogen-bond donors (Lipinski definition) is 0. The molecule has 2 nitrogen and oxygen atoms in total. The molecule has 3 aromatic carbocycles. The second kappa shape index (κ2) is 7.21. The Balaban J connectivity index is 2.19. The topological polar surface area (TPSA) is 34.1 Å². The van der Waals surface area contributed by atoms with Crippen LogP contribution in [0.25, 0.3) is 0 Å². The minimum Gasteiger partial charge on any atom is -0.313 e. The van der Waals surface area contributed by atoms with E-state index >= 15 is 0 Å². The molecule has 25 heavy (non-hydrogen) atoms. The van der Waals surface area contributed by atoms with Gasteiger partial charge in [-0.15, -0.1) is 0 Å². The minimum atomic E-state index is -3.18. The van der Waals surface area contributed by atoms with Gasteiger partial charge in [0.15, 0.2) is 7.14 Å². The van der Waals surface area contributed by atoms with Crippen molar-refractivity contribution in [3.8, 4) is 0 Å². The molecular weight excluding hydrogens is 327 g/mol. The Morgan fingerprint density at radius 3 is 1.56 bits per heavy atom. The molecule has 0 spiro atoms. The summed E-state index contributed by atoms with van der Waals surface area (Å²) in [4.78, 5) is 12.3. The van der Waals surface area contributed by atoms with Crippen LogP contribution in [0.1, 0.15) is 12.5 Å². The van der Waals surface area contributed by atoms with Crippen molar-refractivity contribution in [1.82, 2.24) is 0 Å². The molecule has 126 valence electrons. The van der Waals surface area contributed by atoms with E-state index in [4.69, 9.17) is 0 Å². The van der Waals surface area contributed by atoms with Crippen molar-refractivity contribution in [1.29, 1.82) is 0 Å². The molecule has 0 aromatic heterocycles. The summed E-state index contributed by atoms with van der Waals surface area (Å²) >= 11 is 0. The Labute approximate surface area is 148 Å². The first kappa shape index (κ1) is 17.4. The lowest BCUT2D eigenvalue weighted by molar-refractivity contribution is -0.109. The van der Waals surface area contributed by atoms with Gasteiger partial charge in [0, 0.05) is 10.6 Å². The first-order chi connectivity index (χ1) is 12.1. The summed E-state index contributed by atoms with van der Waals surface area (Å²) < 4.78 is 14.4. The van der Waals surface area contributed by atoms with Crippen LogP contribution in [0.15, 0.2) is 91.0 Å². The van der Waals surface area contributed by atoms with Crippen LogP contribution < -0.4 is 10.6 Å². The number of carbonyl (C=O) groups is 1. The molecule has 3 aromatic rings. The Bertz CT molecular complexity index is 832. The molecule has 0 bridgehead atoms. The Morgan fingerprint density at radius 2 is 1.16 bits per heavy atom. The van der Waals surface area contributed by atoms with Crippen molar-refractivity contribution in [2.45, 2.75) is 18.5 Å². The van der Waals surface area contributed by atoms with Gasteiger partial charge < -0.3 is 9.36 Å². The first-order valence-electron chi connectivity index (χ1n) is 8.32. The van der Waals surface area contributed by atoms with Crippen LogP contribution in [0.3, 0.4) is 0 Å². The van der Waals surface area contributed by atoms with Gasteiger partial charge >= 0.3 is 0 Å². The summed E-state index contributed by atoms with van der Waals surface area (Å²) in [5, 5.41) is 0.412. The molecule has 0 radical (unpaired) electrons. The molecule has 0 fully saturated rings. The van der Waals surface area contributed by atoms with Gasteiger partial charge in [-0.25, -0.2) is 0 Å². The Kier molecular flexibility index (Phi) is 5.01. The van der Waals surface area contributed by atoms with Gasteiger partial charge in [-0.3, -0.25) is 0 Å². The quantitative estimate of drug-likeness (QED) is 0.494. The van der Waals surface area contributed by atoms with Crippen LogP contribution in [0.4, 0.5) is 0 Å². The first-order valence-corrected chi connectivity index (χ1v) is 10.0. The van der Waals surface area contributed by atoms with Gasteiger partial charge in [-0.2, -0.15) is 0 Å². The summed E-state index contributed by atoms with van der Waals surface area (Å²) in [5.74, 6) is 0. The maximum atomic E-state index is 14.4. The SMILES string of the molecule is C[C@@](C=O)(Cc1ccccc1)P(=O)(c1ccccc1)c1ccccc1. The highest BCUT2D eigenvalue weighted by atomic mass is 31.2. The highest BCUT2D eigenvalue weighted by molar-refractivity contribution is 7.80. The van der Waals surface area contributed by atoms with Gasteiger partial charge in [-0.1, -0.05) is 91.0 Å². The second-order valence-corrected chi connectivity index (χ2v) is 9.69. The molecule has 0 N–H and O–H groups in total. The molecule has 3 heteroatoms. The smallest absolute Gasteiger partial charge is 0.155 e. The number of hydrogen-bond acceptors (Lipinski definition) is 2. The molecule has 3 rings (SSSR count). The van der Waals surface area contributed by atoms with Gasteiger partial charge in [0.05, 0.1) is 5.16 Å². The molecule has 1 atom stereocenters. The standard InChI is InChI=1S/C22H21O2P/c1-22(18-23,17-19-11-5-2-6-12-19)25(24,20-13-7-3-8-14-20)21-15-9-4-10-16-21/h2-16,18H,17H2,1H3/t22-/m0/s1. The summed E-state index contributed by atoms with van der Waals surface area (Å²) in [6.45, 7) is 1.81. The highest BCUT2D eigenvalue weighted by Crippen LogP contribution is 2.56. The van der Waals surface area contributed by atoms with E-state index in [2.05, 4.69) is 0 Å².